The molecule has 3 aromatic rings. The van der Waals surface area contributed by atoms with Crippen LogP contribution >= 0.6 is 11.3 Å². The smallest absolute Gasteiger partial charge is 0.266 e. The maximum atomic E-state index is 12.3. The summed E-state index contributed by atoms with van der Waals surface area (Å²) in [5.41, 5.74) is 3.81. The van der Waals surface area contributed by atoms with Gasteiger partial charge in [-0.25, -0.2) is 10.4 Å². The summed E-state index contributed by atoms with van der Waals surface area (Å²) < 4.78 is 0. The van der Waals surface area contributed by atoms with Crippen molar-refractivity contribution in [2.45, 2.75) is 6.92 Å². The lowest BCUT2D eigenvalue weighted by Crippen LogP contribution is -2.19. The third-order valence-corrected chi connectivity index (χ3v) is 4.56. The number of nitrogens with one attached hydrogen (secondary N) is 1. The lowest BCUT2D eigenvalue weighted by atomic mass is 10.2. The number of rotatable bonds is 5. The van der Waals surface area contributed by atoms with Gasteiger partial charge in [-0.3, -0.25) is 14.9 Å². The fourth-order valence-corrected chi connectivity index (χ4v) is 3.20. The van der Waals surface area contributed by atoms with E-state index in [1.54, 1.807) is 18.2 Å². The van der Waals surface area contributed by atoms with Crippen molar-refractivity contribution in [2.75, 3.05) is 0 Å². The molecule has 8 heteroatoms. The van der Waals surface area contributed by atoms with Crippen molar-refractivity contribution in [1.82, 2.24) is 10.4 Å². The first-order chi connectivity index (χ1) is 12.6. The van der Waals surface area contributed by atoms with Crippen LogP contribution < -0.4 is 5.43 Å². The number of hydrogen-bond acceptors (Lipinski definition) is 6. The van der Waals surface area contributed by atoms with E-state index in [2.05, 4.69) is 15.5 Å². The fourth-order valence-electron chi connectivity index (χ4n) is 2.29. The molecule has 0 spiro atoms. The number of aromatic nitrogens is 1. The highest BCUT2D eigenvalue weighted by Crippen LogP contribution is 2.27. The summed E-state index contributed by atoms with van der Waals surface area (Å²) in [6.45, 7) is 1.81. The van der Waals surface area contributed by atoms with E-state index in [1.165, 1.54) is 23.6 Å². The zero-order valence-corrected chi connectivity index (χ0v) is 14.6. The van der Waals surface area contributed by atoms with Crippen LogP contribution in [0.5, 0.6) is 0 Å². The van der Waals surface area contributed by atoms with Crippen LogP contribution in [0.3, 0.4) is 0 Å². The molecule has 0 saturated heterocycles. The number of nitro groups is 1. The minimum Gasteiger partial charge on any atom is -0.266 e. The highest BCUT2D eigenvalue weighted by Gasteiger charge is 2.16. The van der Waals surface area contributed by atoms with Crippen molar-refractivity contribution >= 4 is 29.1 Å². The molecule has 1 N–H and O–H groups in total. The van der Waals surface area contributed by atoms with Gasteiger partial charge >= 0.3 is 0 Å². The summed E-state index contributed by atoms with van der Waals surface area (Å²) in [7, 11) is 0. The second-order valence-corrected chi connectivity index (χ2v) is 6.51. The van der Waals surface area contributed by atoms with E-state index >= 15 is 0 Å². The molecule has 130 valence electrons. The standard InChI is InChI=1S/C18H14N4O3S/c1-12-16(20-18(26-12)13-7-3-2-4-8-13)17(23)21-19-11-14-9-5-6-10-15(14)22(24)25/h2-11H,1H3,(H,21,23)/b19-11-. The van der Waals surface area contributed by atoms with Gasteiger partial charge in [0.1, 0.15) is 10.7 Å². The van der Waals surface area contributed by atoms with E-state index in [-0.39, 0.29) is 11.4 Å². The van der Waals surface area contributed by atoms with Crippen LogP contribution in [0.2, 0.25) is 0 Å². The Balaban J connectivity index is 1.75. The molecule has 0 aliphatic carbocycles. The molecule has 0 atom stereocenters. The Hall–Kier alpha value is -3.39. The monoisotopic (exact) mass is 366 g/mol. The van der Waals surface area contributed by atoms with E-state index in [9.17, 15) is 14.9 Å². The molecular formula is C18H14N4O3S. The van der Waals surface area contributed by atoms with Crippen LogP contribution in [0.15, 0.2) is 59.7 Å². The zero-order valence-electron chi connectivity index (χ0n) is 13.7. The van der Waals surface area contributed by atoms with E-state index in [4.69, 9.17) is 0 Å². The first kappa shape index (κ1) is 17.4. The Morgan fingerprint density at radius 2 is 1.88 bits per heavy atom. The molecule has 2 aromatic carbocycles. The largest absolute Gasteiger partial charge is 0.291 e. The Labute approximate surface area is 153 Å². The maximum absolute atomic E-state index is 12.3. The lowest BCUT2D eigenvalue weighted by Gasteiger charge is -1.98. The van der Waals surface area contributed by atoms with Crippen molar-refractivity contribution in [3.8, 4) is 10.6 Å². The molecule has 0 fully saturated rings. The lowest BCUT2D eigenvalue weighted by molar-refractivity contribution is -0.385. The van der Waals surface area contributed by atoms with Gasteiger partial charge in [0.05, 0.1) is 16.7 Å². The van der Waals surface area contributed by atoms with E-state index in [0.29, 0.717) is 5.56 Å². The second-order valence-electron chi connectivity index (χ2n) is 5.30. The number of amides is 1. The van der Waals surface area contributed by atoms with Crippen LogP contribution in [0, 0.1) is 17.0 Å². The van der Waals surface area contributed by atoms with Crippen molar-refractivity contribution in [1.29, 1.82) is 0 Å². The summed E-state index contributed by atoms with van der Waals surface area (Å²) in [5.74, 6) is -0.462. The van der Waals surface area contributed by atoms with Crippen LogP contribution in [0.1, 0.15) is 20.9 Å². The first-order valence-corrected chi connectivity index (χ1v) is 8.47. The SMILES string of the molecule is Cc1sc(-c2ccccc2)nc1C(=O)N/N=C\c1ccccc1[N+](=O)[O-]. The Kier molecular flexibility index (Phi) is 5.14. The van der Waals surface area contributed by atoms with E-state index in [1.807, 2.05) is 37.3 Å². The number of nitrogens with zero attached hydrogens (tertiary/aromatic N) is 3. The minimum atomic E-state index is -0.500. The summed E-state index contributed by atoms with van der Waals surface area (Å²) in [6.07, 6.45) is 1.25. The Morgan fingerprint density at radius 1 is 1.19 bits per heavy atom. The van der Waals surface area contributed by atoms with E-state index in [0.717, 1.165) is 15.4 Å². The molecule has 3 rings (SSSR count). The molecule has 0 bridgehead atoms. The van der Waals surface area contributed by atoms with Crippen molar-refractivity contribution < 1.29 is 9.72 Å². The minimum absolute atomic E-state index is 0.0818. The summed E-state index contributed by atoms with van der Waals surface area (Å²) >= 11 is 1.42. The number of benzene rings is 2. The number of carbonyl (C=O) groups excluding carboxylic acids is 1. The average molecular weight is 366 g/mol. The fraction of sp³-hybridized carbons (Fsp3) is 0.0556. The number of aryl methyl sites for hydroxylation is 1. The molecular weight excluding hydrogens is 352 g/mol. The molecule has 1 amide bonds. The van der Waals surface area contributed by atoms with Gasteiger partial charge in [0.25, 0.3) is 11.6 Å². The number of hydrogen-bond donors (Lipinski definition) is 1. The quantitative estimate of drug-likeness (QED) is 0.422. The van der Waals surface area contributed by atoms with Gasteiger partial charge in [-0.15, -0.1) is 11.3 Å². The number of thiazole rings is 1. The number of hydrazone groups is 1. The van der Waals surface area contributed by atoms with Crippen molar-refractivity contribution in [2.24, 2.45) is 5.10 Å². The molecule has 1 heterocycles. The van der Waals surface area contributed by atoms with Gasteiger partial charge < -0.3 is 0 Å². The van der Waals surface area contributed by atoms with Crippen LogP contribution in [0.4, 0.5) is 5.69 Å². The predicted octanol–water partition coefficient (Wildman–Crippen LogP) is 3.79. The van der Waals surface area contributed by atoms with Crippen molar-refractivity contribution in [3.63, 3.8) is 0 Å². The summed E-state index contributed by atoms with van der Waals surface area (Å²) in [4.78, 5) is 27.9. The zero-order chi connectivity index (χ0) is 18.5. The van der Waals surface area contributed by atoms with Crippen molar-refractivity contribution in [3.05, 3.63) is 80.8 Å². The van der Waals surface area contributed by atoms with Crippen LogP contribution in [-0.4, -0.2) is 22.0 Å². The van der Waals surface area contributed by atoms with Gasteiger partial charge in [0, 0.05) is 16.5 Å². The molecule has 1 aromatic heterocycles. The third-order valence-electron chi connectivity index (χ3n) is 3.54. The maximum Gasteiger partial charge on any atom is 0.291 e. The Bertz CT molecular complexity index is 983. The van der Waals surface area contributed by atoms with Gasteiger partial charge in [0.2, 0.25) is 0 Å². The van der Waals surface area contributed by atoms with Crippen LogP contribution in [-0.2, 0) is 0 Å². The molecule has 7 nitrogen and oxygen atoms in total. The van der Waals surface area contributed by atoms with Gasteiger partial charge in [-0.2, -0.15) is 5.10 Å². The molecule has 0 aliphatic rings. The Morgan fingerprint density at radius 3 is 2.62 bits per heavy atom. The number of para-hydroxylation sites is 1. The van der Waals surface area contributed by atoms with Gasteiger partial charge in [0.15, 0.2) is 0 Å². The highest BCUT2D eigenvalue weighted by atomic mass is 32.1. The first-order valence-electron chi connectivity index (χ1n) is 7.66. The van der Waals surface area contributed by atoms with Gasteiger partial charge in [-0.05, 0) is 13.0 Å². The van der Waals surface area contributed by atoms with Gasteiger partial charge in [-0.1, -0.05) is 42.5 Å². The summed E-state index contributed by atoms with van der Waals surface area (Å²) in [5, 5.41) is 15.5. The number of carbonyl (C=O) groups is 1. The average Bonchev–Trinajstić information content (AvgIpc) is 3.04. The molecule has 0 aliphatic heterocycles. The van der Waals surface area contributed by atoms with E-state index < -0.39 is 10.8 Å². The summed E-state index contributed by atoms with van der Waals surface area (Å²) in [6, 6.07) is 15.7. The predicted molar refractivity (Wildman–Crippen MR) is 100 cm³/mol. The normalized spacial score (nSPS) is 10.8. The molecule has 0 radical (unpaired) electrons. The highest BCUT2D eigenvalue weighted by molar-refractivity contribution is 7.15. The molecule has 26 heavy (non-hydrogen) atoms. The second kappa shape index (κ2) is 7.66. The van der Waals surface area contributed by atoms with Crippen LogP contribution in [0.25, 0.3) is 10.6 Å². The molecule has 0 unspecified atom stereocenters. The third kappa shape index (κ3) is 3.81. The topological polar surface area (TPSA) is 97.5 Å². The number of nitro benzene ring substituents is 1. The molecule has 0 saturated carbocycles.